The summed E-state index contributed by atoms with van der Waals surface area (Å²) in [5, 5.41) is 2.88. The normalized spacial score (nSPS) is 15.8. The smallest absolute Gasteiger partial charge is 0.253 e. The molecule has 3 N–H and O–H groups in total. The standard InChI is InChI=1S/C22H27N3O3/c1-15(20(23)16-8-4-3-5-9-16)21(26)24-18-14-17(10-11-19(18)28-2)22(27)25-12-6-7-13-25/h3-5,8-11,14-15,20H,6-7,12-13,23H2,1-2H3,(H,24,26). The number of ether oxygens (including phenoxy) is 1. The van der Waals surface area contributed by atoms with Gasteiger partial charge in [0.25, 0.3) is 5.91 Å². The number of carbonyl (C=O) groups excluding carboxylic acids is 2. The van der Waals surface area contributed by atoms with Crippen LogP contribution in [0.4, 0.5) is 5.69 Å². The number of methoxy groups -OCH3 is 1. The summed E-state index contributed by atoms with van der Waals surface area (Å²) >= 11 is 0. The Hall–Kier alpha value is -2.86. The van der Waals surface area contributed by atoms with E-state index in [0.29, 0.717) is 17.0 Å². The molecule has 2 atom stereocenters. The van der Waals surface area contributed by atoms with E-state index < -0.39 is 12.0 Å². The van der Waals surface area contributed by atoms with Gasteiger partial charge in [-0.15, -0.1) is 0 Å². The molecule has 0 saturated carbocycles. The number of likely N-dealkylation sites (tertiary alicyclic amines) is 1. The predicted octanol–water partition coefficient (Wildman–Crippen LogP) is 3.21. The summed E-state index contributed by atoms with van der Waals surface area (Å²) in [4.78, 5) is 27.3. The molecule has 1 aliphatic rings. The first-order valence-electron chi connectivity index (χ1n) is 9.60. The number of nitrogens with two attached hydrogens (primary N) is 1. The number of hydrogen-bond acceptors (Lipinski definition) is 4. The van der Waals surface area contributed by atoms with Crippen molar-refractivity contribution in [1.82, 2.24) is 4.90 Å². The number of nitrogens with zero attached hydrogens (tertiary/aromatic N) is 1. The molecule has 0 aromatic heterocycles. The highest BCUT2D eigenvalue weighted by atomic mass is 16.5. The van der Waals surface area contributed by atoms with Crippen LogP contribution in [-0.2, 0) is 4.79 Å². The molecule has 2 amide bonds. The highest BCUT2D eigenvalue weighted by Crippen LogP contribution is 2.28. The van der Waals surface area contributed by atoms with Crippen LogP contribution < -0.4 is 15.8 Å². The molecule has 1 fully saturated rings. The van der Waals surface area contributed by atoms with Gasteiger partial charge in [-0.1, -0.05) is 37.3 Å². The Morgan fingerprint density at radius 3 is 2.43 bits per heavy atom. The number of amides is 2. The SMILES string of the molecule is COc1ccc(C(=O)N2CCCC2)cc1NC(=O)C(C)C(N)c1ccccc1. The van der Waals surface area contributed by atoms with Crippen molar-refractivity contribution in [3.8, 4) is 5.75 Å². The molecule has 2 aromatic carbocycles. The highest BCUT2D eigenvalue weighted by molar-refractivity contribution is 5.99. The molecule has 1 aliphatic heterocycles. The van der Waals surface area contributed by atoms with Gasteiger partial charge in [0.15, 0.2) is 0 Å². The third-order valence-electron chi connectivity index (χ3n) is 5.23. The second-order valence-corrected chi connectivity index (χ2v) is 7.13. The highest BCUT2D eigenvalue weighted by Gasteiger charge is 2.24. The average molecular weight is 381 g/mol. The van der Waals surface area contributed by atoms with Crippen LogP contribution in [0.5, 0.6) is 5.75 Å². The number of hydrogen-bond donors (Lipinski definition) is 2. The third-order valence-corrected chi connectivity index (χ3v) is 5.23. The van der Waals surface area contributed by atoms with Crippen molar-refractivity contribution in [3.63, 3.8) is 0 Å². The molecule has 2 aromatic rings. The lowest BCUT2D eigenvalue weighted by Gasteiger charge is -2.21. The van der Waals surface area contributed by atoms with E-state index in [4.69, 9.17) is 10.5 Å². The first-order chi connectivity index (χ1) is 13.5. The first-order valence-corrected chi connectivity index (χ1v) is 9.60. The number of anilines is 1. The van der Waals surface area contributed by atoms with Gasteiger partial charge < -0.3 is 20.7 Å². The summed E-state index contributed by atoms with van der Waals surface area (Å²) in [6, 6.07) is 14.2. The van der Waals surface area contributed by atoms with Crippen LogP contribution in [0, 0.1) is 5.92 Å². The Labute approximate surface area is 165 Å². The largest absolute Gasteiger partial charge is 0.495 e. The molecule has 2 unspecified atom stereocenters. The van der Waals surface area contributed by atoms with Gasteiger partial charge in [0.1, 0.15) is 5.75 Å². The van der Waals surface area contributed by atoms with E-state index in [1.165, 1.54) is 7.11 Å². The van der Waals surface area contributed by atoms with E-state index in [1.54, 1.807) is 25.1 Å². The predicted molar refractivity (Wildman–Crippen MR) is 109 cm³/mol. The molecule has 0 spiro atoms. The van der Waals surface area contributed by atoms with Crippen molar-refractivity contribution in [2.24, 2.45) is 11.7 Å². The fraction of sp³-hybridized carbons (Fsp3) is 0.364. The van der Waals surface area contributed by atoms with E-state index in [9.17, 15) is 9.59 Å². The molecule has 1 saturated heterocycles. The maximum atomic E-state index is 12.8. The zero-order valence-corrected chi connectivity index (χ0v) is 16.4. The Bertz CT molecular complexity index is 832. The minimum atomic E-state index is -0.454. The van der Waals surface area contributed by atoms with Crippen molar-refractivity contribution in [1.29, 1.82) is 0 Å². The van der Waals surface area contributed by atoms with Gasteiger partial charge in [0.2, 0.25) is 5.91 Å². The van der Waals surface area contributed by atoms with Crippen LogP contribution in [0.3, 0.4) is 0 Å². The summed E-state index contributed by atoms with van der Waals surface area (Å²) in [6.45, 7) is 3.34. The van der Waals surface area contributed by atoms with Gasteiger partial charge in [-0.05, 0) is 36.6 Å². The van der Waals surface area contributed by atoms with E-state index in [1.807, 2.05) is 35.2 Å². The Morgan fingerprint density at radius 2 is 1.79 bits per heavy atom. The van der Waals surface area contributed by atoms with Gasteiger partial charge in [0, 0.05) is 24.7 Å². The van der Waals surface area contributed by atoms with Crippen molar-refractivity contribution in [3.05, 3.63) is 59.7 Å². The Kier molecular flexibility index (Phi) is 6.31. The van der Waals surface area contributed by atoms with E-state index in [0.717, 1.165) is 31.5 Å². The van der Waals surface area contributed by atoms with Crippen molar-refractivity contribution in [2.75, 3.05) is 25.5 Å². The number of benzene rings is 2. The summed E-state index contributed by atoms with van der Waals surface area (Å²) in [7, 11) is 1.53. The van der Waals surface area contributed by atoms with Crippen molar-refractivity contribution in [2.45, 2.75) is 25.8 Å². The summed E-state index contributed by atoms with van der Waals surface area (Å²) < 4.78 is 5.36. The molecular formula is C22H27N3O3. The lowest BCUT2D eigenvalue weighted by Crippen LogP contribution is -2.31. The lowest BCUT2D eigenvalue weighted by atomic mass is 9.94. The van der Waals surface area contributed by atoms with Crippen LogP contribution in [-0.4, -0.2) is 36.9 Å². The minimum absolute atomic E-state index is 0.0234. The number of carbonyl (C=O) groups is 2. The number of rotatable bonds is 6. The Morgan fingerprint density at radius 1 is 1.11 bits per heavy atom. The van der Waals surface area contributed by atoms with Crippen LogP contribution in [0.15, 0.2) is 48.5 Å². The molecule has 28 heavy (non-hydrogen) atoms. The maximum Gasteiger partial charge on any atom is 0.253 e. The second kappa shape index (κ2) is 8.89. The quantitative estimate of drug-likeness (QED) is 0.805. The van der Waals surface area contributed by atoms with Crippen LogP contribution >= 0.6 is 0 Å². The van der Waals surface area contributed by atoms with E-state index >= 15 is 0 Å². The molecule has 148 valence electrons. The zero-order chi connectivity index (χ0) is 20.1. The van der Waals surface area contributed by atoms with Crippen molar-refractivity contribution >= 4 is 17.5 Å². The topological polar surface area (TPSA) is 84.7 Å². The summed E-state index contributed by atoms with van der Waals surface area (Å²) in [5.74, 6) is -0.193. The molecule has 0 bridgehead atoms. The second-order valence-electron chi connectivity index (χ2n) is 7.13. The van der Waals surface area contributed by atoms with Crippen LogP contribution in [0.1, 0.15) is 41.7 Å². The lowest BCUT2D eigenvalue weighted by molar-refractivity contribution is -0.120. The molecule has 0 aliphatic carbocycles. The minimum Gasteiger partial charge on any atom is -0.495 e. The zero-order valence-electron chi connectivity index (χ0n) is 16.4. The van der Waals surface area contributed by atoms with Crippen LogP contribution in [0.2, 0.25) is 0 Å². The average Bonchev–Trinajstić information content (AvgIpc) is 3.27. The van der Waals surface area contributed by atoms with Gasteiger partial charge in [-0.2, -0.15) is 0 Å². The van der Waals surface area contributed by atoms with Gasteiger partial charge in [-0.3, -0.25) is 9.59 Å². The molecule has 0 radical (unpaired) electrons. The maximum absolute atomic E-state index is 12.8. The van der Waals surface area contributed by atoms with Gasteiger partial charge >= 0.3 is 0 Å². The first kappa shape index (κ1) is 19.9. The van der Waals surface area contributed by atoms with Gasteiger partial charge in [-0.25, -0.2) is 0 Å². The molecule has 6 nitrogen and oxygen atoms in total. The molecule has 3 rings (SSSR count). The van der Waals surface area contributed by atoms with E-state index in [-0.39, 0.29) is 11.8 Å². The molecule has 6 heteroatoms. The van der Waals surface area contributed by atoms with Gasteiger partial charge in [0.05, 0.1) is 18.7 Å². The fourth-order valence-corrected chi connectivity index (χ4v) is 3.42. The molecular weight excluding hydrogens is 354 g/mol. The van der Waals surface area contributed by atoms with E-state index in [2.05, 4.69) is 5.32 Å². The number of nitrogens with one attached hydrogen (secondary N) is 1. The van der Waals surface area contributed by atoms with Crippen LogP contribution in [0.25, 0.3) is 0 Å². The monoisotopic (exact) mass is 381 g/mol. The summed E-state index contributed by atoms with van der Waals surface area (Å²) in [5.41, 5.74) is 8.19. The molecule has 1 heterocycles. The fourth-order valence-electron chi connectivity index (χ4n) is 3.42. The summed E-state index contributed by atoms with van der Waals surface area (Å²) in [6.07, 6.45) is 2.06. The van der Waals surface area contributed by atoms with Crippen molar-refractivity contribution < 1.29 is 14.3 Å². The third kappa shape index (κ3) is 4.34. The Balaban J connectivity index is 1.77.